The first-order chi connectivity index (χ1) is 14.7. The van der Waals surface area contributed by atoms with E-state index in [-0.39, 0.29) is 25.8 Å². The van der Waals surface area contributed by atoms with Gasteiger partial charge in [-0.2, -0.15) is 0 Å². The smallest absolute Gasteiger partial charge is 0.362 e. The molecule has 7 nitrogen and oxygen atoms in total. The molecule has 0 aliphatic heterocycles. The summed E-state index contributed by atoms with van der Waals surface area (Å²) in [7, 11) is 0. The van der Waals surface area contributed by atoms with Crippen LogP contribution in [0.2, 0.25) is 0 Å². The molecule has 2 N–H and O–H groups in total. The molecule has 0 aromatic carbocycles. The maximum Gasteiger partial charge on any atom is 0.362 e. The fourth-order valence-corrected chi connectivity index (χ4v) is 4.74. The van der Waals surface area contributed by atoms with Gasteiger partial charge in [0.05, 0.1) is 12.5 Å². The lowest BCUT2D eigenvalue weighted by molar-refractivity contribution is -0.975. The molecule has 0 saturated heterocycles. The molecule has 180 valence electrons. The second-order valence-corrected chi connectivity index (χ2v) is 8.36. The number of allylic oxidation sites excluding steroid dienone is 2. The van der Waals surface area contributed by atoms with E-state index in [1.165, 1.54) is 0 Å². The molecule has 3 atom stereocenters. The fourth-order valence-electron chi connectivity index (χ4n) is 4.74. The number of aliphatic carboxylic acids is 3. The highest BCUT2D eigenvalue weighted by molar-refractivity contribution is 5.77. The van der Waals surface area contributed by atoms with Gasteiger partial charge in [-0.3, -0.25) is 4.48 Å². The lowest BCUT2D eigenvalue weighted by Crippen LogP contribution is -2.74. The molecule has 0 rings (SSSR count). The molecule has 7 heteroatoms. The van der Waals surface area contributed by atoms with Crippen molar-refractivity contribution in [1.29, 1.82) is 0 Å². The predicted molar refractivity (Wildman–Crippen MR) is 119 cm³/mol. The third-order valence-electron chi connectivity index (χ3n) is 6.09. The molecule has 0 amide bonds. The molecule has 0 aromatic rings. The lowest BCUT2D eigenvalue weighted by atomic mass is 9.91. The summed E-state index contributed by atoms with van der Waals surface area (Å²) < 4.78 is -0.451. The Kier molecular flexibility index (Phi) is 14.9. The number of unbranched alkanes of at least 4 members (excludes halogenated alkanes) is 3. The molecule has 0 aromatic heterocycles. The Labute approximate surface area is 187 Å². The number of carbonyl (C=O) groups excluding carboxylic acids is 1. The molecule has 3 unspecified atom stereocenters. The number of carboxylic acid groups (broad SMARTS) is 3. The maximum absolute atomic E-state index is 12.4. The van der Waals surface area contributed by atoms with E-state index in [2.05, 4.69) is 19.1 Å². The van der Waals surface area contributed by atoms with Gasteiger partial charge in [0.25, 0.3) is 0 Å². The predicted octanol–water partition coefficient (Wildman–Crippen LogP) is 3.76. The van der Waals surface area contributed by atoms with Crippen LogP contribution >= 0.6 is 0 Å². The van der Waals surface area contributed by atoms with Crippen molar-refractivity contribution in [3.05, 3.63) is 12.2 Å². The van der Waals surface area contributed by atoms with Gasteiger partial charge in [0.15, 0.2) is 12.1 Å². The molecule has 0 bridgehead atoms. The molecule has 0 radical (unpaired) electrons. The summed E-state index contributed by atoms with van der Waals surface area (Å²) in [5.41, 5.74) is 0. The van der Waals surface area contributed by atoms with Gasteiger partial charge < -0.3 is 20.1 Å². The summed E-state index contributed by atoms with van der Waals surface area (Å²) in [6.07, 6.45) is 10.6. The second kappa shape index (κ2) is 15.8. The zero-order valence-corrected chi connectivity index (χ0v) is 19.8. The molecule has 0 aliphatic carbocycles. The number of rotatable bonds is 19. The molecule has 31 heavy (non-hydrogen) atoms. The Hall–Kier alpha value is -1.89. The van der Waals surface area contributed by atoms with Gasteiger partial charge >= 0.3 is 11.9 Å². The number of hydrogen-bond acceptors (Lipinski definition) is 4. The zero-order valence-electron chi connectivity index (χ0n) is 19.8. The summed E-state index contributed by atoms with van der Waals surface area (Å²) in [4.78, 5) is 37.0. The van der Waals surface area contributed by atoms with E-state index in [1.807, 2.05) is 20.8 Å². The van der Waals surface area contributed by atoms with Crippen LogP contribution in [0, 0.1) is 0 Å². The van der Waals surface area contributed by atoms with Gasteiger partial charge in [-0.1, -0.05) is 46.3 Å². The lowest BCUT2D eigenvalue weighted by Gasteiger charge is -2.52. The van der Waals surface area contributed by atoms with Crippen LogP contribution in [0.25, 0.3) is 0 Å². The van der Waals surface area contributed by atoms with Crippen molar-refractivity contribution in [3.63, 3.8) is 0 Å². The molecular formula is C24H43NO6. The maximum atomic E-state index is 12.4. The van der Waals surface area contributed by atoms with E-state index in [4.69, 9.17) is 0 Å². The van der Waals surface area contributed by atoms with Crippen LogP contribution in [0.3, 0.4) is 0 Å². The quantitative estimate of drug-likeness (QED) is 0.179. The van der Waals surface area contributed by atoms with Gasteiger partial charge in [0.2, 0.25) is 0 Å². The van der Waals surface area contributed by atoms with E-state index in [1.54, 1.807) is 0 Å². The molecule has 0 saturated carbocycles. The van der Waals surface area contributed by atoms with Gasteiger partial charge in [-0.05, 0) is 44.9 Å². The van der Waals surface area contributed by atoms with Crippen LogP contribution in [0.15, 0.2) is 12.2 Å². The van der Waals surface area contributed by atoms with E-state index in [0.29, 0.717) is 25.7 Å². The average Bonchev–Trinajstić information content (AvgIpc) is 2.71. The number of carboxylic acids is 3. The van der Waals surface area contributed by atoms with Crippen LogP contribution < -0.4 is 5.11 Å². The largest absolute Gasteiger partial charge is 0.544 e. The first-order valence-electron chi connectivity index (χ1n) is 11.9. The number of quaternary nitrogens is 1. The number of carbonyl (C=O) groups is 3. The Morgan fingerprint density at radius 1 is 0.774 bits per heavy atom. The fraction of sp³-hybridized carbons (Fsp3) is 0.792. The highest BCUT2D eigenvalue weighted by Crippen LogP contribution is 2.34. The SMILES string of the molecule is CC/C=C/CCCCC[N+](C(CCC)C(=O)[O-])(C(CCC)C(=O)O)C(CCC)C(=O)O. The van der Waals surface area contributed by atoms with Crippen molar-refractivity contribution in [3.8, 4) is 0 Å². The monoisotopic (exact) mass is 441 g/mol. The minimum atomic E-state index is -1.35. The van der Waals surface area contributed by atoms with Gasteiger partial charge in [-0.25, -0.2) is 9.59 Å². The molecular weight excluding hydrogens is 398 g/mol. The van der Waals surface area contributed by atoms with E-state index >= 15 is 0 Å². The first-order valence-corrected chi connectivity index (χ1v) is 11.9. The van der Waals surface area contributed by atoms with Crippen LogP contribution in [0.4, 0.5) is 0 Å². The molecule has 0 heterocycles. The summed E-state index contributed by atoms with van der Waals surface area (Å²) >= 11 is 0. The first kappa shape index (κ1) is 29.1. The summed E-state index contributed by atoms with van der Waals surface area (Å²) in [5.74, 6) is -3.60. The summed E-state index contributed by atoms with van der Waals surface area (Å²) in [6.45, 7) is 7.79. The van der Waals surface area contributed by atoms with Crippen molar-refractivity contribution >= 4 is 17.9 Å². The van der Waals surface area contributed by atoms with Gasteiger partial charge in [0.1, 0.15) is 6.04 Å². The molecule has 0 fully saturated rings. The molecule has 0 spiro atoms. The van der Waals surface area contributed by atoms with Gasteiger partial charge in [-0.15, -0.1) is 0 Å². The van der Waals surface area contributed by atoms with Crippen molar-refractivity contribution < 1.29 is 34.2 Å². The topological polar surface area (TPSA) is 115 Å². The Bertz CT molecular complexity index is 515. The van der Waals surface area contributed by atoms with E-state index < -0.39 is 40.5 Å². The van der Waals surface area contributed by atoms with Crippen LogP contribution in [-0.2, 0) is 14.4 Å². The van der Waals surface area contributed by atoms with Crippen LogP contribution in [-0.4, -0.2) is 57.3 Å². The van der Waals surface area contributed by atoms with Crippen molar-refractivity contribution in [2.45, 2.75) is 116 Å². The van der Waals surface area contributed by atoms with Crippen molar-refractivity contribution in [1.82, 2.24) is 0 Å². The molecule has 0 aliphatic rings. The Morgan fingerprint density at radius 3 is 1.65 bits per heavy atom. The minimum Gasteiger partial charge on any atom is -0.544 e. The normalized spacial score (nSPS) is 16.5. The Balaban J connectivity index is 6.32. The van der Waals surface area contributed by atoms with Gasteiger partial charge in [0, 0.05) is 19.3 Å². The Morgan fingerprint density at radius 2 is 1.26 bits per heavy atom. The number of nitrogens with zero attached hydrogens (tertiary/aromatic N) is 1. The third kappa shape index (κ3) is 8.63. The van der Waals surface area contributed by atoms with Crippen LogP contribution in [0.5, 0.6) is 0 Å². The van der Waals surface area contributed by atoms with E-state index in [9.17, 15) is 29.7 Å². The van der Waals surface area contributed by atoms with Crippen molar-refractivity contribution in [2.75, 3.05) is 6.54 Å². The van der Waals surface area contributed by atoms with E-state index in [0.717, 1.165) is 25.7 Å². The van der Waals surface area contributed by atoms with Crippen LogP contribution in [0.1, 0.15) is 98.3 Å². The zero-order chi connectivity index (χ0) is 23.9. The summed E-state index contributed by atoms with van der Waals surface area (Å²) in [6, 6.07) is -3.34. The standard InChI is InChI=1S/C24H43NO6/c1-5-9-10-11-12-13-14-18-25(19(15-6-2)22(26)27,20(16-7-3)23(28)29)21(17-8-4)24(30)31/h9-10,19-21H,5-8,11-18H2,1-4H3,(H2-,26,27,28,29,30,31)/b10-9+. The minimum absolute atomic E-state index is 0.197. The third-order valence-corrected chi connectivity index (χ3v) is 6.09. The average molecular weight is 442 g/mol. The summed E-state index contributed by atoms with van der Waals surface area (Å²) in [5, 5.41) is 32.5. The second-order valence-electron chi connectivity index (χ2n) is 8.36. The number of hydrogen-bond donors (Lipinski definition) is 2. The van der Waals surface area contributed by atoms with Crippen molar-refractivity contribution in [2.24, 2.45) is 0 Å². The highest BCUT2D eigenvalue weighted by Gasteiger charge is 2.54. The highest BCUT2D eigenvalue weighted by atomic mass is 16.4.